The zero-order valence-corrected chi connectivity index (χ0v) is 9.92. The van der Waals surface area contributed by atoms with Gasteiger partial charge in [-0.1, -0.05) is 12.2 Å². The van der Waals surface area contributed by atoms with Gasteiger partial charge in [-0.25, -0.2) is 0 Å². The fourth-order valence-electron chi connectivity index (χ4n) is 1.77. The zero-order chi connectivity index (χ0) is 11.1. The number of nitrogens with one attached hydrogen (secondary N) is 1. The molecule has 1 fully saturated rings. The van der Waals surface area contributed by atoms with E-state index in [0.717, 1.165) is 38.2 Å². The first-order valence-electron chi connectivity index (χ1n) is 5.75. The third kappa shape index (κ3) is 5.92. The van der Waals surface area contributed by atoms with Crippen LogP contribution in [0.25, 0.3) is 0 Å². The van der Waals surface area contributed by atoms with Crippen molar-refractivity contribution in [2.45, 2.75) is 38.8 Å². The SMILES string of the molecule is C=C(C)COCCNC1CCOC(C)C1. The standard InChI is InChI=1S/C12H23NO2/c1-10(2)9-14-7-5-13-12-4-6-15-11(3)8-12/h11-13H,1,4-9H2,2-3H3. The van der Waals surface area contributed by atoms with Gasteiger partial charge in [-0.3, -0.25) is 0 Å². The molecule has 0 saturated carbocycles. The summed E-state index contributed by atoms with van der Waals surface area (Å²) < 4.78 is 10.9. The van der Waals surface area contributed by atoms with Crippen LogP contribution in [-0.4, -0.2) is 38.5 Å². The molecule has 0 aromatic heterocycles. The molecule has 1 heterocycles. The van der Waals surface area contributed by atoms with Gasteiger partial charge in [-0.15, -0.1) is 0 Å². The van der Waals surface area contributed by atoms with Crippen molar-refractivity contribution in [3.05, 3.63) is 12.2 Å². The molecule has 0 amide bonds. The Morgan fingerprint density at radius 3 is 3.07 bits per heavy atom. The Morgan fingerprint density at radius 2 is 2.40 bits per heavy atom. The Kier molecular flexibility index (Phi) is 5.91. The van der Waals surface area contributed by atoms with Crippen molar-refractivity contribution >= 4 is 0 Å². The highest BCUT2D eigenvalue weighted by molar-refractivity contribution is 4.87. The first-order valence-corrected chi connectivity index (χ1v) is 5.75. The molecule has 1 saturated heterocycles. The molecule has 1 aliphatic heterocycles. The van der Waals surface area contributed by atoms with E-state index in [2.05, 4.69) is 18.8 Å². The maximum atomic E-state index is 5.48. The Balaban J connectivity index is 1.97. The first kappa shape index (κ1) is 12.7. The summed E-state index contributed by atoms with van der Waals surface area (Å²) in [6.07, 6.45) is 2.62. The summed E-state index contributed by atoms with van der Waals surface area (Å²) in [7, 11) is 0. The van der Waals surface area contributed by atoms with Gasteiger partial charge in [0.1, 0.15) is 0 Å². The van der Waals surface area contributed by atoms with Crippen molar-refractivity contribution in [2.75, 3.05) is 26.4 Å². The van der Waals surface area contributed by atoms with E-state index in [9.17, 15) is 0 Å². The Hall–Kier alpha value is -0.380. The summed E-state index contributed by atoms with van der Waals surface area (Å²) in [4.78, 5) is 0. The van der Waals surface area contributed by atoms with Crippen LogP contribution in [-0.2, 0) is 9.47 Å². The molecular weight excluding hydrogens is 190 g/mol. The minimum Gasteiger partial charge on any atom is -0.378 e. The molecule has 0 spiro atoms. The molecule has 1 aliphatic rings. The third-order valence-corrected chi connectivity index (χ3v) is 2.51. The second kappa shape index (κ2) is 6.99. The van der Waals surface area contributed by atoms with Gasteiger partial charge in [0.2, 0.25) is 0 Å². The van der Waals surface area contributed by atoms with E-state index in [4.69, 9.17) is 9.47 Å². The van der Waals surface area contributed by atoms with Crippen LogP contribution >= 0.6 is 0 Å². The predicted molar refractivity (Wildman–Crippen MR) is 62.1 cm³/mol. The summed E-state index contributed by atoms with van der Waals surface area (Å²) in [6.45, 7) is 11.1. The van der Waals surface area contributed by atoms with Crippen LogP contribution in [0.5, 0.6) is 0 Å². The third-order valence-electron chi connectivity index (χ3n) is 2.51. The van der Waals surface area contributed by atoms with Crippen LogP contribution in [0.4, 0.5) is 0 Å². The molecule has 1 rings (SSSR count). The predicted octanol–water partition coefficient (Wildman–Crippen LogP) is 1.74. The Labute approximate surface area is 92.8 Å². The molecule has 15 heavy (non-hydrogen) atoms. The van der Waals surface area contributed by atoms with Crippen LogP contribution in [0.1, 0.15) is 26.7 Å². The number of ether oxygens (including phenoxy) is 2. The quantitative estimate of drug-likeness (QED) is 0.538. The molecular formula is C12H23NO2. The van der Waals surface area contributed by atoms with Crippen molar-refractivity contribution in [3.63, 3.8) is 0 Å². The number of hydrogen-bond acceptors (Lipinski definition) is 3. The van der Waals surface area contributed by atoms with E-state index in [0.29, 0.717) is 18.8 Å². The summed E-state index contributed by atoms with van der Waals surface area (Å²) in [5, 5.41) is 3.49. The van der Waals surface area contributed by atoms with Crippen LogP contribution in [0.15, 0.2) is 12.2 Å². The fraction of sp³-hybridized carbons (Fsp3) is 0.833. The molecule has 3 nitrogen and oxygen atoms in total. The van der Waals surface area contributed by atoms with E-state index in [1.54, 1.807) is 0 Å². The van der Waals surface area contributed by atoms with Crippen LogP contribution in [0, 0.1) is 0 Å². The maximum Gasteiger partial charge on any atom is 0.0672 e. The van der Waals surface area contributed by atoms with Gasteiger partial charge < -0.3 is 14.8 Å². The van der Waals surface area contributed by atoms with Gasteiger partial charge >= 0.3 is 0 Å². The lowest BCUT2D eigenvalue weighted by atomic mass is 10.0. The summed E-state index contributed by atoms with van der Waals surface area (Å²) in [6, 6.07) is 0.599. The van der Waals surface area contributed by atoms with Crippen molar-refractivity contribution in [1.82, 2.24) is 5.32 Å². The van der Waals surface area contributed by atoms with E-state index in [1.165, 1.54) is 0 Å². The average molecular weight is 213 g/mol. The van der Waals surface area contributed by atoms with Gasteiger partial charge in [-0.05, 0) is 26.7 Å². The second-order valence-corrected chi connectivity index (χ2v) is 4.37. The van der Waals surface area contributed by atoms with Crippen molar-refractivity contribution in [2.24, 2.45) is 0 Å². The van der Waals surface area contributed by atoms with Crippen molar-refractivity contribution < 1.29 is 9.47 Å². The lowest BCUT2D eigenvalue weighted by molar-refractivity contribution is 0.0120. The minimum atomic E-state index is 0.396. The monoisotopic (exact) mass is 213 g/mol. The van der Waals surface area contributed by atoms with Crippen LogP contribution in [0.3, 0.4) is 0 Å². The molecule has 1 N–H and O–H groups in total. The average Bonchev–Trinajstić information content (AvgIpc) is 2.17. The lowest BCUT2D eigenvalue weighted by Crippen LogP contribution is -2.39. The summed E-state index contributed by atoms with van der Waals surface area (Å²) in [5.41, 5.74) is 1.08. The molecule has 0 aliphatic carbocycles. The van der Waals surface area contributed by atoms with Crippen molar-refractivity contribution in [1.29, 1.82) is 0 Å². The maximum absolute atomic E-state index is 5.48. The van der Waals surface area contributed by atoms with Gasteiger partial charge in [0.15, 0.2) is 0 Å². The molecule has 0 radical (unpaired) electrons. The highest BCUT2D eigenvalue weighted by Crippen LogP contribution is 2.12. The normalized spacial score (nSPS) is 26.5. The van der Waals surface area contributed by atoms with E-state index >= 15 is 0 Å². The molecule has 0 aromatic carbocycles. The van der Waals surface area contributed by atoms with Gasteiger partial charge in [0.05, 0.1) is 19.3 Å². The lowest BCUT2D eigenvalue weighted by Gasteiger charge is -2.28. The highest BCUT2D eigenvalue weighted by Gasteiger charge is 2.18. The van der Waals surface area contributed by atoms with E-state index < -0.39 is 0 Å². The topological polar surface area (TPSA) is 30.5 Å². The molecule has 2 atom stereocenters. The Bertz CT molecular complexity index is 194. The zero-order valence-electron chi connectivity index (χ0n) is 9.92. The van der Waals surface area contributed by atoms with E-state index in [-0.39, 0.29) is 0 Å². The highest BCUT2D eigenvalue weighted by atomic mass is 16.5. The smallest absolute Gasteiger partial charge is 0.0672 e. The minimum absolute atomic E-state index is 0.396. The van der Waals surface area contributed by atoms with Gasteiger partial charge in [0, 0.05) is 19.2 Å². The second-order valence-electron chi connectivity index (χ2n) is 4.37. The Morgan fingerprint density at radius 1 is 1.60 bits per heavy atom. The number of rotatable bonds is 6. The van der Waals surface area contributed by atoms with Crippen molar-refractivity contribution in [3.8, 4) is 0 Å². The summed E-state index contributed by atoms with van der Waals surface area (Å²) in [5.74, 6) is 0. The molecule has 88 valence electrons. The van der Waals surface area contributed by atoms with Crippen LogP contribution < -0.4 is 5.32 Å². The molecule has 3 heteroatoms. The van der Waals surface area contributed by atoms with E-state index in [1.807, 2.05) is 6.92 Å². The molecule has 0 aromatic rings. The number of hydrogen-bond donors (Lipinski definition) is 1. The van der Waals surface area contributed by atoms with Gasteiger partial charge in [0.25, 0.3) is 0 Å². The first-order chi connectivity index (χ1) is 7.18. The van der Waals surface area contributed by atoms with Gasteiger partial charge in [-0.2, -0.15) is 0 Å². The summed E-state index contributed by atoms with van der Waals surface area (Å²) >= 11 is 0. The largest absolute Gasteiger partial charge is 0.378 e. The van der Waals surface area contributed by atoms with Crippen LogP contribution in [0.2, 0.25) is 0 Å². The molecule has 2 unspecified atom stereocenters. The molecule has 0 bridgehead atoms. The fourth-order valence-corrected chi connectivity index (χ4v) is 1.77.